The average molecular weight is 228 g/mol. The highest BCUT2D eigenvalue weighted by Gasteiger charge is 2.38. The number of anilines is 1. The molecule has 5 nitrogen and oxygen atoms in total. The Balaban J connectivity index is 2.41. The maximum absolute atomic E-state index is 11.6. The lowest BCUT2D eigenvalue weighted by Crippen LogP contribution is -2.34. The fraction of sp³-hybridized carbons (Fsp3) is 0.444. The molecule has 1 aromatic heterocycles. The summed E-state index contributed by atoms with van der Waals surface area (Å²) in [7, 11) is -3.63. The van der Waals surface area contributed by atoms with Gasteiger partial charge in [0.15, 0.2) is 0 Å². The zero-order valence-corrected chi connectivity index (χ0v) is 9.14. The van der Waals surface area contributed by atoms with Gasteiger partial charge < -0.3 is 0 Å². The molecule has 0 spiro atoms. The van der Waals surface area contributed by atoms with Gasteiger partial charge in [-0.3, -0.25) is 4.18 Å². The van der Waals surface area contributed by atoms with Gasteiger partial charge in [-0.1, -0.05) is 13.0 Å². The SMILES string of the molecule is CC[C@@H]1COS(=O)(=O)N1c1ccccn1. The Hall–Kier alpha value is -1.14. The fourth-order valence-corrected chi connectivity index (χ4v) is 2.90. The van der Waals surface area contributed by atoms with Crippen LogP contribution in [0.15, 0.2) is 24.4 Å². The predicted octanol–water partition coefficient (Wildman–Crippen LogP) is 0.942. The van der Waals surface area contributed by atoms with Gasteiger partial charge in [-0.15, -0.1) is 0 Å². The molecule has 0 amide bonds. The lowest BCUT2D eigenvalue weighted by Gasteiger charge is -2.19. The van der Waals surface area contributed by atoms with Crippen LogP contribution in [0.3, 0.4) is 0 Å². The molecular weight excluding hydrogens is 216 g/mol. The van der Waals surface area contributed by atoms with Crippen LogP contribution in [0.1, 0.15) is 13.3 Å². The van der Waals surface area contributed by atoms with Gasteiger partial charge in [-0.2, -0.15) is 8.42 Å². The van der Waals surface area contributed by atoms with Crippen LogP contribution in [0.2, 0.25) is 0 Å². The maximum Gasteiger partial charge on any atom is 0.364 e. The summed E-state index contributed by atoms with van der Waals surface area (Å²) in [5, 5.41) is 0. The van der Waals surface area contributed by atoms with E-state index in [9.17, 15) is 8.42 Å². The standard InChI is InChI=1S/C9H12N2O3S/c1-2-8-7-14-15(12,13)11(8)9-5-3-4-6-10-9/h3-6,8H,2,7H2,1H3/t8-/m1/s1. The van der Waals surface area contributed by atoms with Crippen LogP contribution in [-0.2, 0) is 14.5 Å². The molecule has 0 N–H and O–H groups in total. The first-order valence-electron chi connectivity index (χ1n) is 4.75. The molecule has 1 aliphatic heterocycles. The van der Waals surface area contributed by atoms with E-state index in [4.69, 9.17) is 4.18 Å². The third-order valence-electron chi connectivity index (χ3n) is 2.33. The first kappa shape index (κ1) is 10.4. The fourth-order valence-electron chi connectivity index (χ4n) is 1.54. The molecule has 2 rings (SSSR count). The van der Waals surface area contributed by atoms with Crippen LogP contribution in [0.25, 0.3) is 0 Å². The highest BCUT2D eigenvalue weighted by Crippen LogP contribution is 2.26. The quantitative estimate of drug-likeness (QED) is 0.756. The van der Waals surface area contributed by atoms with Crippen molar-refractivity contribution < 1.29 is 12.6 Å². The van der Waals surface area contributed by atoms with Gasteiger partial charge in [0.1, 0.15) is 5.82 Å². The van der Waals surface area contributed by atoms with Gasteiger partial charge in [-0.25, -0.2) is 9.29 Å². The van der Waals surface area contributed by atoms with Crippen molar-refractivity contribution >= 4 is 16.1 Å². The minimum Gasteiger partial charge on any atom is -0.251 e. The molecule has 1 atom stereocenters. The van der Waals surface area contributed by atoms with Crippen molar-refractivity contribution in [2.75, 3.05) is 10.9 Å². The summed E-state index contributed by atoms with van der Waals surface area (Å²) in [6.07, 6.45) is 2.27. The highest BCUT2D eigenvalue weighted by atomic mass is 32.2. The minimum atomic E-state index is -3.63. The largest absolute Gasteiger partial charge is 0.364 e. The second-order valence-corrected chi connectivity index (χ2v) is 4.77. The van der Waals surface area contributed by atoms with Crippen LogP contribution in [0.4, 0.5) is 5.82 Å². The van der Waals surface area contributed by atoms with E-state index < -0.39 is 10.3 Å². The van der Waals surface area contributed by atoms with E-state index in [0.717, 1.165) is 0 Å². The van der Waals surface area contributed by atoms with Crippen molar-refractivity contribution in [1.29, 1.82) is 0 Å². The van der Waals surface area contributed by atoms with E-state index >= 15 is 0 Å². The zero-order valence-electron chi connectivity index (χ0n) is 8.33. The Morgan fingerprint density at radius 2 is 2.40 bits per heavy atom. The molecule has 0 radical (unpaired) electrons. The number of hydrogen-bond acceptors (Lipinski definition) is 4. The van der Waals surface area contributed by atoms with E-state index in [1.54, 1.807) is 24.4 Å². The molecule has 0 aliphatic carbocycles. The number of rotatable bonds is 2. The van der Waals surface area contributed by atoms with Crippen molar-refractivity contribution in [2.24, 2.45) is 0 Å². The molecule has 1 fully saturated rings. The third-order valence-corrected chi connectivity index (χ3v) is 3.73. The Bertz CT molecular complexity index is 432. The normalized spacial score (nSPS) is 24.3. The minimum absolute atomic E-state index is 0.148. The smallest absolute Gasteiger partial charge is 0.251 e. The monoisotopic (exact) mass is 228 g/mol. The van der Waals surface area contributed by atoms with E-state index in [-0.39, 0.29) is 12.6 Å². The summed E-state index contributed by atoms with van der Waals surface area (Å²) in [4.78, 5) is 4.02. The lowest BCUT2D eigenvalue weighted by molar-refractivity contribution is 0.335. The summed E-state index contributed by atoms with van der Waals surface area (Å²) in [6.45, 7) is 2.13. The van der Waals surface area contributed by atoms with Gasteiger partial charge in [-0.05, 0) is 18.6 Å². The van der Waals surface area contributed by atoms with Crippen molar-refractivity contribution in [1.82, 2.24) is 4.98 Å². The van der Waals surface area contributed by atoms with Gasteiger partial charge in [0, 0.05) is 6.20 Å². The molecule has 0 aromatic carbocycles. The second-order valence-electron chi connectivity index (χ2n) is 3.29. The number of pyridine rings is 1. The molecule has 0 unspecified atom stereocenters. The predicted molar refractivity (Wildman–Crippen MR) is 55.7 cm³/mol. The molecule has 2 heterocycles. The highest BCUT2D eigenvalue weighted by molar-refractivity contribution is 7.88. The number of hydrogen-bond donors (Lipinski definition) is 0. The molecule has 15 heavy (non-hydrogen) atoms. The van der Waals surface area contributed by atoms with Crippen molar-refractivity contribution in [3.63, 3.8) is 0 Å². The van der Waals surface area contributed by atoms with Gasteiger partial charge in [0.2, 0.25) is 0 Å². The molecule has 82 valence electrons. The number of nitrogens with zero attached hydrogens (tertiary/aromatic N) is 2. The molecule has 1 saturated heterocycles. The molecule has 0 saturated carbocycles. The summed E-state index contributed by atoms with van der Waals surface area (Å²) >= 11 is 0. The Kier molecular flexibility index (Phi) is 2.62. The summed E-state index contributed by atoms with van der Waals surface area (Å²) in [5.41, 5.74) is 0. The molecule has 6 heteroatoms. The molecule has 0 bridgehead atoms. The molecular formula is C9H12N2O3S. The third kappa shape index (κ3) is 1.82. The first-order chi connectivity index (χ1) is 7.15. The molecule has 1 aromatic rings. The van der Waals surface area contributed by atoms with Crippen molar-refractivity contribution in [3.05, 3.63) is 24.4 Å². The number of aromatic nitrogens is 1. The van der Waals surface area contributed by atoms with Crippen LogP contribution < -0.4 is 4.31 Å². The summed E-state index contributed by atoms with van der Waals surface area (Å²) < 4.78 is 29.2. The van der Waals surface area contributed by atoms with Crippen LogP contribution in [0.5, 0.6) is 0 Å². The summed E-state index contributed by atoms with van der Waals surface area (Å²) in [5.74, 6) is 0.418. The second kappa shape index (κ2) is 3.79. The van der Waals surface area contributed by atoms with Gasteiger partial charge in [0.25, 0.3) is 0 Å². The topological polar surface area (TPSA) is 59.5 Å². The maximum atomic E-state index is 11.6. The Labute approximate surface area is 88.9 Å². The van der Waals surface area contributed by atoms with E-state index in [1.807, 2.05) is 6.92 Å². The Morgan fingerprint density at radius 3 is 3.00 bits per heavy atom. The first-order valence-corrected chi connectivity index (χ1v) is 6.11. The average Bonchev–Trinajstić information content (AvgIpc) is 2.55. The summed E-state index contributed by atoms with van der Waals surface area (Å²) in [6, 6.07) is 5.01. The van der Waals surface area contributed by atoms with Crippen LogP contribution >= 0.6 is 0 Å². The Morgan fingerprint density at radius 1 is 1.60 bits per heavy atom. The van der Waals surface area contributed by atoms with Crippen LogP contribution in [0, 0.1) is 0 Å². The van der Waals surface area contributed by atoms with Crippen molar-refractivity contribution in [2.45, 2.75) is 19.4 Å². The zero-order chi connectivity index (χ0) is 10.9. The van der Waals surface area contributed by atoms with E-state index in [0.29, 0.717) is 12.2 Å². The van der Waals surface area contributed by atoms with E-state index in [2.05, 4.69) is 4.98 Å². The lowest BCUT2D eigenvalue weighted by atomic mass is 10.2. The van der Waals surface area contributed by atoms with Gasteiger partial charge in [0.05, 0.1) is 12.6 Å². The molecule has 1 aliphatic rings. The van der Waals surface area contributed by atoms with Crippen LogP contribution in [-0.4, -0.2) is 26.1 Å². The van der Waals surface area contributed by atoms with E-state index in [1.165, 1.54) is 4.31 Å². The van der Waals surface area contributed by atoms with Crippen molar-refractivity contribution in [3.8, 4) is 0 Å². The van der Waals surface area contributed by atoms with Gasteiger partial charge >= 0.3 is 10.3 Å².